The second-order valence-corrected chi connectivity index (χ2v) is 7.78. The van der Waals surface area contributed by atoms with Crippen LogP contribution in [0.15, 0.2) is 46.8 Å². The van der Waals surface area contributed by atoms with E-state index in [0.717, 1.165) is 48.4 Å². The van der Waals surface area contributed by atoms with Crippen LogP contribution in [0.4, 0.5) is 0 Å². The monoisotopic (exact) mass is 395 g/mol. The molecule has 6 nitrogen and oxygen atoms in total. The summed E-state index contributed by atoms with van der Waals surface area (Å²) in [4.78, 5) is 39.3. The van der Waals surface area contributed by atoms with E-state index in [2.05, 4.69) is 0 Å². The van der Waals surface area contributed by atoms with Crippen molar-refractivity contribution >= 4 is 17.5 Å². The number of rotatable bonds is 5. The molecule has 152 valence electrons. The maximum absolute atomic E-state index is 13.0. The van der Waals surface area contributed by atoms with E-state index in [-0.39, 0.29) is 23.9 Å². The molecular formula is C23H25NO5. The Morgan fingerprint density at radius 1 is 1.00 bits per heavy atom. The Bertz CT molecular complexity index is 881. The molecule has 0 atom stereocenters. The van der Waals surface area contributed by atoms with Gasteiger partial charge in [0.25, 0.3) is 0 Å². The molecule has 1 N–H and O–H groups in total. The number of hydrogen-bond acceptors (Lipinski definition) is 5. The second-order valence-electron chi connectivity index (χ2n) is 7.78. The zero-order valence-corrected chi connectivity index (χ0v) is 16.6. The number of ketones is 2. The minimum Gasteiger partial charge on any atom is -0.497 e. The zero-order valence-electron chi connectivity index (χ0n) is 16.6. The number of Topliss-reactive ketones (excluding diaryl/α,β-unsaturated/α-hetero) is 2. The van der Waals surface area contributed by atoms with E-state index in [1.165, 1.54) is 0 Å². The fourth-order valence-corrected chi connectivity index (χ4v) is 4.82. The molecular weight excluding hydrogens is 370 g/mol. The lowest BCUT2D eigenvalue weighted by molar-refractivity contribution is -0.137. The molecule has 1 aliphatic heterocycles. The van der Waals surface area contributed by atoms with Crippen molar-refractivity contribution in [2.75, 3.05) is 13.7 Å². The van der Waals surface area contributed by atoms with Crippen molar-refractivity contribution in [2.45, 2.75) is 50.9 Å². The lowest BCUT2D eigenvalue weighted by atomic mass is 9.71. The van der Waals surface area contributed by atoms with Crippen LogP contribution < -0.4 is 4.74 Å². The van der Waals surface area contributed by atoms with Gasteiger partial charge in [0.1, 0.15) is 5.75 Å². The molecule has 0 saturated heterocycles. The lowest BCUT2D eigenvalue weighted by Gasteiger charge is -2.44. The third-order valence-corrected chi connectivity index (χ3v) is 6.08. The molecule has 1 aromatic carbocycles. The van der Waals surface area contributed by atoms with Gasteiger partial charge in [-0.15, -0.1) is 0 Å². The summed E-state index contributed by atoms with van der Waals surface area (Å²) in [6, 6.07) is 7.56. The standard InChI is InChI=1S/C23H25NO5/c1-29-15-10-8-14(9-11-15)21-22-16(4-2-6-18(22)25)24(13-12-20(27)28)17-5-3-7-19(26)23(17)21/h8-11,21H,2-7,12-13H2,1H3,(H,27,28). The van der Waals surface area contributed by atoms with Crippen molar-refractivity contribution in [3.8, 4) is 5.75 Å². The minimum atomic E-state index is -0.879. The summed E-state index contributed by atoms with van der Waals surface area (Å²) in [5.74, 6) is -0.390. The number of aliphatic carboxylic acids is 1. The Labute approximate surface area is 169 Å². The molecule has 0 unspecified atom stereocenters. The smallest absolute Gasteiger partial charge is 0.305 e. The van der Waals surface area contributed by atoms with Gasteiger partial charge in [-0.1, -0.05) is 12.1 Å². The number of methoxy groups -OCH3 is 1. The van der Waals surface area contributed by atoms with Gasteiger partial charge < -0.3 is 14.7 Å². The number of hydrogen-bond donors (Lipinski definition) is 1. The molecule has 0 aromatic heterocycles. The van der Waals surface area contributed by atoms with Crippen LogP contribution in [0.5, 0.6) is 5.75 Å². The fourth-order valence-electron chi connectivity index (χ4n) is 4.82. The molecule has 29 heavy (non-hydrogen) atoms. The van der Waals surface area contributed by atoms with Gasteiger partial charge >= 0.3 is 5.97 Å². The predicted octanol–water partition coefficient (Wildman–Crippen LogP) is 3.58. The predicted molar refractivity (Wildman–Crippen MR) is 106 cm³/mol. The van der Waals surface area contributed by atoms with Gasteiger partial charge in [-0.25, -0.2) is 0 Å². The van der Waals surface area contributed by atoms with Gasteiger partial charge in [-0.05, 0) is 43.4 Å². The number of allylic oxidation sites excluding steroid dienone is 4. The number of carbonyl (C=O) groups excluding carboxylic acids is 2. The maximum Gasteiger partial charge on any atom is 0.305 e. The first-order valence-corrected chi connectivity index (χ1v) is 10.2. The Morgan fingerprint density at radius 2 is 1.55 bits per heavy atom. The summed E-state index contributed by atoms with van der Waals surface area (Å²) < 4.78 is 5.26. The molecule has 1 aromatic rings. The van der Waals surface area contributed by atoms with Gasteiger partial charge in [0.05, 0.1) is 13.5 Å². The van der Waals surface area contributed by atoms with Gasteiger partial charge in [0.2, 0.25) is 0 Å². The summed E-state index contributed by atoms with van der Waals surface area (Å²) >= 11 is 0. The van der Waals surface area contributed by atoms with Crippen LogP contribution in [0.25, 0.3) is 0 Å². The summed E-state index contributed by atoms with van der Waals surface area (Å²) in [5.41, 5.74) is 4.10. The number of carboxylic acid groups (broad SMARTS) is 1. The van der Waals surface area contributed by atoms with Gasteiger partial charge in [0, 0.05) is 47.8 Å². The van der Waals surface area contributed by atoms with Gasteiger partial charge in [0.15, 0.2) is 11.6 Å². The highest BCUT2D eigenvalue weighted by atomic mass is 16.5. The van der Waals surface area contributed by atoms with Crippen LogP contribution in [0.1, 0.15) is 56.4 Å². The Morgan fingerprint density at radius 3 is 2.03 bits per heavy atom. The van der Waals surface area contributed by atoms with Crippen molar-refractivity contribution in [1.82, 2.24) is 4.90 Å². The van der Waals surface area contributed by atoms with Crippen LogP contribution in [-0.4, -0.2) is 41.2 Å². The Kier molecular flexibility index (Phi) is 5.26. The highest BCUT2D eigenvalue weighted by Crippen LogP contribution is 2.49. The van der Waals surface area contributed by atoms with E-state index in [0.29, 0.717) is 30.5 Å². The molecule has 2 aliphatic carbocycles. The maximum atomic E-state index is 13.0. The van der Waals surface area contributed by atoms with Crippen molar-refractivity contribution in [3.63, 3.8) is 0 Å². The number of benzene rings is 1. The molecule has 0 bridgehead atoms. The van der Waals surface area contributed by atoms with Crippen LogP contribution in [0.2, 0.25) is 0 Å². The molecule has 6 heteroatoms. The van der Waals surface area contributed by atoms with Crippen LogP contribution in [0, 0.1) is 0 Å². The summed E-state index contributed by atoms with van der Waals surface area (Å²) in [6.45, 7) is 0.295. The Balaban J connectivity index is 1.88. The highest BCUT2D eigenvalue weighted by molar-refractivity contribution is 6.06. The second kappa shape index (κ2) is 7.85. The number of carboxylic acids is 1. The first kappa shape index (κ1) is 19.4. The molecule has 0 amide bonds. The van der Waals surface area contributed by atoms with E-state index in [9.17, 15) is 19.5 Å². The number of nitrogens with zero attached hydrogens (tertiary/aromatic N) is 1. The van der Waals surface area contributed by atoms with Gasteiger partial charge in [-0.3, -0.25) is 14.4 Å². The van der Waals surface area contributed by atoms with E-state index in [1.54, 1.807) is 7.11 Å². The molecule has 0 fully saturated rings. The number of carbonyl (C=O) groups is 3. The summed E-state index contributed by atoms with van der Waals surface area (Å²) in [7, 11) is 1.60. The van der Waals surface area contributed by atoms with E-state index in [1.807, 2.05) is 29.2 Å². The van der Waals surface area contributed by atoms with E-state index < -0.39 is 5.97 Å². The van der Waals surface area contributed by atoms with Crippen molar-refractivity contribution in [1.29, 1.82) is 0 Å². The normalized spacial score (nSPS) is 20.0. The average molecular weight is 395 g/mol. The van der Waals surface area contributed by atoms with Crippen molar-refractivity contribution in [2.24, 2.45) is 0 Å². The molecule has 3 aliphatic rings. The molecule has 0 spiro atoms. The summed E-state index contributed by atoms with van der Waals surface area (Å²) in [6.07, 6.45) is 3.89. The van der Waals surface area contributed by atoms with E-state index in [4.69, 9.17) is 4.74 Å². The van der Waals surface area contributed by atoms with Crippen molar-refractivity contribution in [3.05, 3.63) is 52.4 Å². The number of ether oxygens (including phenoxy) is 1. The fraction of sp³-hybridized carbons (Fsp3) is 0.435. The average Bonchev–Trinajstić information content (AvgIpc) is 2.72. The molecule has 1 heterocycles. The highest BCUT2D eigenvalue weighted by Gasteiger charge is 2.43. The van der Waals surface area contributed by atoms with Crippen LogP contribution >= 0.6 is 0 Å². The molecule has 0 saturated carbocycles. The Hall–Kier alpha value is -2.89. The zero-order chi connectivity index (χ0) is 20.5. The summed E-state index contributed by atoms with van der Waals surface area (Å²) in [5, 5.41) is 9.22. The minimum absolute atomic E-state index is 0.0247. The molecule has 0 radical (unpaired) electrons. The topological polar surface area (TPSA) is 83.9 Å². The van der Waals surface area contributed by atoms with E-state index >= 15 is 0 Å². The van der Waals surface area contributed by atoms with Crippen LogP contribution in [0.3, 0.4) is 0 Å². The van der Waals surface area contributed by atoms with Crippen LogP contribution in [-0.2, 0) is 14.4 Å². The quantitative estimate of drug-likeness (QED) is 0.820. The largest absolute Gasteiger partial charge is 0.497 e. The third-order valence-electron chi connectivity index (χ3n) is 6.08. The molecule has 4 rings (SSSR count). The first-order chi connectivity index (χ1) is 14.0. The third kappa shape index (κ3) is 3.48. The lowest BCUT2D eigenvalue weighted by Crippen LogP contribution is -2.39. The van der Waals surface area contributed by atoms with Gasteiger partial charge in [-0.2, -0.15) is 0 Å². The SMILES string of the molecule is COc1ccc(C2C3=C(CCCC3=O)N(CCC(=O)O)C3=C2C(=O)CCC3)cc1. The first-order valence-electron chi connectivity index (χ1n) is 10.2. The van der Waals surface area contributed by atoms with Crippen molar-refractivity contribution < 1.29 is 24.2 Å².